The van der Waals surface area contributed by atoms with Gasteiger partial charge in [0.25, 0.3) is 0 Å². The van der Waals surface area contributed by atoms with Crippen LogP contribution in [0.15, 0.2) is 30.3 Å². The Morgan fingerprint density at radius 1 is 1.38 bits per heavy atom. The summed E-state index contributed by atoms with van der Waals surface area (Å²) in [5.41, 5.74) is 1.02. The molecule has 2 N–H and O–H groups in total. The van der Waals surface area contributed by atoms with Crippen molar-refractivity contribution in [1.82, 2.24) is 5.32 Å². The highest BCUT2D eigenvalue weighted by molar-refractivity contribution is 5.17. The molecule has 0 radical (unpaired) electrons. The molecular formula is C11H15NO. The summed E-state index contributed by atoms with van der Waals surface area (Å²) in [6, 6.07) is 10.4. The summed E-state index contributed by atoms with van der Waals surface area (Å²) in [4.78, 5) is 0. The van der Waals surface area contributed by atoms with Crippen LogP contribution in [0.1, 0.15) is 24.5 Å². The number of aliphatic hydroxyl groups excluding tert-OH is 1. The minimum absolute atomic E-state index is 0.306. The maximum Gasteiger partial charge on any atom is 0.0804 e. The van der Waals surface area contributed by atoms with E-state index in [2.05, 4.69) is 5.32 Å². The summed E-state index contributed by atoms with van der Waals surface area (Å²) in [5.74, 6) is 0. The van der Waals surface area contributed by atoms with E-state index in [4.69, 9.17) is 0 Å². The first kappa shape index (κ1) is 8.73. The Hall–Kier alpha value is -0.860. The summed E-state index contributed by atoms with van der Waals surface area (Å²) >= 11 is 0. The number of hydrogen-bond donors (Lipinski definition) is 2. The van der Waals surface area contributed by atoms with Gasteiger partial charge in [-0.15, -0.1) is 0 Å². The summed E-state index contributed by atoms with van der Waals surface area (Å²) in [6.45, 7) is 1.10. The van der Waals surface area contributed by atoms with E-state index in [1.54, 1.807) is 0 Å². The van der Waals surface area contributed by atoms with Crippen molar-refractivity contribution >= 4 is 0 Å². The number of nitrogens with one attached hydrogen (secondary N) is 1. The number of rotatable bonds is 3. The maximum absolute atomic E-state index is 9.82. The van der Waals surface area contributed by atoms with Crippen LogP contribution >= 0.6 is 0 Å². The van der Waals surface area contributed by atoms with E-state index in [1.807, 2.05) is 30.3 Å². The van der Waals surface area contributed by atoms with Crippen LogP contribution in [0.2, 0.25) is 0 Å². The lowest BCUT2D eigenvalue weighted by Crippen LogP contribution is -2.43. The van der Waals surface area contributed by atoms with Gasteiger partial charge in [-0.05, 0) is 24.9 Å². The van der Waals surface area contributed by atoms with Gasteiger partial charge in [0.2, 0.25) is 0 Å². The van der Waals surface area contributed by atoms with Gasteiger partial charge in [-0.25, -0.2) is 0 Å². The number of aliphatic hydroxyl groups is 1. The fraction of sp³-hybridized carbons (Fsp3) is 0.455. The van der Waals surface area contributed by atoms with Crippen molar-refractivity contribution in [2.75, 3.05) is 6.54 Å². The molecule has 1 aliphatic rings. The lowest BCUT2D eigenvalue weighted by molar-refractivity contribution is 0.136. The van der Waals surface area contributed by atoms with Gasteiger partial charge in [-0.2, -0.15) is 0 Å². The average molecular weight is 177 g/mol. The Morgan fingerprint density at radius 3 is 2.62 bits per heavy atom. The molecule has 0 amide bonds. The highest BCUT2D eigenvalue weighted by Gasteiger charge is 2.20. The van der Waals surface area contributed by atoms with E-state index in [0.29, 0.717) is 6.04 Å². The second kappa shape index (κ2) is 3.90. The number of hydrogen-bond acceptors (Lipinski definition) is 2. The molecule has 1 aromatic carbocycles. The minimum atomic E-state index is -0.306. The summed E-state index contributed by atoms with van der Waals surface area (Å²) < 4.78 is 0. The molecule has 0 saturated carbocycles. The first-order valence-corrected chi connectivity index (χ1v) is 4.82. The van der Waals surface area contributed by atoms with Gasteiger partial charge in [-0.3, -0.25) is 0 Å². The third-order valence-corrected chi connectivity index (χ3v) is 2.62. The smallest absolute Gasteiger partial charge is 0.0804 e. The van der Waals surface area contributed by atoms with Crippen molar-refractivity contribution < 1.29 is 5.11 Å². The molecule has 13 heavy (non-hydrogen) atoms. The van der Waals surface area contributed by atoms with Gasteiger partial charge in [0, 0.05) is 6.04 Å². The Kier molecular flexibility index (Phi) is 2.62. The Labute approximate surface area is 78.6 Å². The normalized spacial score (nSPS) is 23.6. The number of benzene rings is 1. The molecule has 1 saturated heterocycles. The van der Waals surface area contributed by atoms with Crippen LogP contribution in [0.25, 0.3) is 0 Å². The zero-order valence-electron chi connectivity index (χ0n) is 7.61. The van der Waals surface area contributed by atoms with E-state index in [0.717, 1.165) is 18.5 Å². The molecule has 1 heterocycles. The monoisotopic (exact) mass is 177 g/mol. The molecule has 1 fully saturated rings. The van der Waals surface area contributed by atoms with Crippen LogP contribution < -0.4 is 5.32 Å². The molecule has 0 aromatic heterocycles. The molecule has 70 valence electrons. The predicted molar refractivity (Wildman–Crippen MR) is 52.4 cm³/mol. The second-order valence-corrected chi connectivity index (χ2v) is 3.60. The van der Waals surface area contributed by atoms with Crippen molar-refractivity contribution in [2.45, 2.75) is 25.0 Å². The lowest BCUT2D eigenvalue weighted by Gasteiger charge is -2.29. The first-order chi connectivity index (χ1) is 6.36. The van der Waals surface area contributed by atoms with E-state index in [1.165, 1.54) is 6.42 Å². The largest absolute Gasteiger partial charge is 0.388 e. The fourth-order valence-electron chi connectivity index (χ4n) is 1.63. The third-order valence-electron chi connectivity index (χ3n) is 2.62. The SMILES string of the molecule is O[C@@H](C[C@@H]1CCN1)c1ccccc1. The van der Waals surface area contributed by atoms with Crippen LogP contribution in [-0.4, -0.2) is 17.7 Å². The molecule has 2 nitrogen and oxygen atoms in total. The van der Waals surface area contributed by atoms with Gasteiger partial charge in [0.15, 0.2) is 0 Å². The van der Waals surface area contributed by atoms with Gasteiger partial charge < -0.3 is 10.4 Å². The Morgan fingerprint density at radius 2 is 2.08 bits per heavy atom. The van der Waals surface area contributed by atoms with E-state index >= 15 is 0 Å². The fourth-order valence-corrected chi connectivity index (χ4v) is 1.63. The molecule has 0 unspecified atom stereocenters. The van der Waals surface area contributed by atoms with E-state index in [-0.39, 0.29) is 6.10 Å². The topological polar surface area (TPSA) is 32.3 Å². The van der Waals surface area contributed by atoms with Crippen molar-refractivity contribution in [1.29, 1.82) is 0 Å². The second-order valence-electron chi connectivity index (χ2n) is 3.60. The standard InChI is InChI=1S/C11H15NO/c13-11(8-10-6-7-12-10)9-4-2-1-3-5-9/h1-5,10-13H,6-8H2/t10-,11-/m0/s1. The highest BCUT2D eigenvalue weighted by Crippen LogP contribution is 2.21. The zero-order valence-corrected chi connectivity index (χ0v) is 7.61. The molecule has 1 aliphatic heterocycles. The molecule has 1 aromatic rings. The Balaban J connectivity index is 1.92. The Bertz CT molecular complexity index is 256. The van der Waals surface area contributed by atoms with Crippen LogP contribution in [-0.2, 0) is 0 Å². The molecule has 0 bridgehead atoms. The van der Waals surface area contributed by atoms with Crippen LogP contribution in [0.4, 0.5) is 0 Å². The van der Waals surface area contributed by atoms with Gasteiger partial charge >= 0.3 is 0 Å². The molecular weight excluding hydrogens is 162 g/mol. The van der Waals surface area contributed by atoms with Crippen LogP contribution in [0.5, 0.6) is 0 Å². The van der Waals surface area contributed by atoms with E-state index < -0.39 is 0 Å². The van der Waals surface area contributed by atoms with Crippen molar-refractivity contribution in [2.24, 2.45) is 0 Å². The van der Waals surface area contributed by atoms with Gasteiger partial charge in [0.05, 0.1) is 6.10 Å². The molecule has 2 atom stereocenters. The van der Waals surface area contributed by atoms with Crippen LogP contribution in [0, 0.1) is 0 Å². The molecule has 2 rings (SSSR count). The lowest BCUT2D eigenvalue weighted by atomic mass is 9.96. The van der Waals surface area contributed by atoms with Crippen molar-refractivity contribution in [3.63, 3.8) is 0 Å². The molecule has 2 heteroatoms. The summed E-state index contributed by atoms with van der Waals surface area (Å²) in [7, 11) is 0. The average Bonchev–Trinajstić information content (AvgIpc) is 2.12. The summed E-state index contributed by atoms with van der Waals surface area (Å²) in [6.07, 6.45) is 1.73. The molecule has 0 aliphatic carbocycles. The van der Waals surface area contributed by atoms with Gasteiger partial charge in [0.1, 0.15) is 0 Å². The quantitative estimate of drug-likeness (QED) is 0.732. The van der Waals surface area contributed by atoms with Gasteiger partial charge in [-0.1, -0.05) is 30.3 Å². The predicted octanol–water partition coefficient (Wildman–Crippen LogP) is 1.47. The van der Waals surface area contributed by atoms with Crippen molar-refractivity contribution in [3.05, 3.63) is 35.9 Å². The zero-order chi connectivity index (χ0) is 9.10. The van der Waals surface area contributed by atoms with Crippen LogP contribution in [0.3, 0.4) is 0 Å². The minimum Gasteiger partial charge on any atom is -0.388 e. The third kappa shape index (κ3) is 2.08. The maximum atomic E-state index is 9.82. The molecule has 0 spiro atoms. The highest BCUT2D eigenvalue weighted by atomic mass is 16.3. The summed E-state index contributed by atoms with van der Waals surface area (Å²) in [5, 5.41) is 13.1. The van der Waals surface area contributed by atoms with Crippen molar-refractivity contribution in [3.8, 4) is 0 Å². The first-order valence-electron chi connectivity index (χ1n) is 4.82. The van der Waals surface area contributed by atoms with E-state index in [9.17, 15) is 5.11 Å².